The van der Waals surface area contributed by atoms with Crippen molar-refractivity contribution in [3.05, 3.63) is 0 Å². The maximum Gasteiger partial charge on any atom is 0.246 e. The molecule has 158 valence electrons. The molecule has 0 aromatic rings. The standard InChI is InChI=1S/C22H37N3O3/c1-4-11-25-20(27)18(14-16(2)3)23-21(28)22(25)9-12-24(13-10-22)19(26)15-17-7-5-6-8-17/h16-18H,4-15H2,1-3H3,(H,23,28). The monoisotopic (exact) mass is 391 g/mol. The molecule has 0 bridgehead atoms. The lowest BCUT2D eigenvalue weighted by Crippen LogP contribution is -2.73. The summed E-state index contributed by atoms with van der Waals surface area (Å²) in [6, 6.07) is -0.410. The van der Waals surface area contributed by atoms with E-state index in [-0.39, 0.29) is 17.7 Å². The number of nitrogens with one attached hydrogen (secondary N) is 1. The maximum atomic E-state index is 13.1. The van der Waals surface area contributed by atoms with Gasteiger partial charge in [-0.3, -0.25) is 14.4 Å². The normalized spacial score (nSPS) is 25.6. The lowest BCUT2D eigenvalue weighted by atomic mass is 9.80. The molecule has 1 atom stereocenters. The zero-order valence-corrected chi connectivity index (χ0v) is 17.8. The van der Waals surface area contributed by atoms with Crippen molar-refractivity contribution < 1.29 is 14.4 Å². The van der Waals surface area contributed by atoms with Crippen molar-refractivity contribution >= 4 is 17.7 Å². The van der Waals surface area contributed by atoms with Crippen LogP contribution in [0.4, 0.5) is 0 Å². The van der Waals surface area contributed by atoms with Gasteiger partial charge in [0.05, 0.1) is 0 Å². The molecule has 0 aromatic heterocycles. The average molecular weight is 392 g/mol. The van der Waals surface area contributed by atoms with E-state index < -0.39 is 11.6 Å². The first-order valence-electron chi connectivity index (χ1n) is 11.3. The number of rotatable bonds is 6. The van der Waals surface area contributed by atoms with Crippen LogP contribution >= 0.6 is 0 Å². The van der Waals surface area contributed by atoms with Crippen molar-refractivity contribution in [2.45, 2.75) is 90.1 Å². The topological polar surface area (TPSA) is 69.7 Å². The predicted octanol–water partition coefficient (Wildman–Crippen LogP) is 2.71. The summed E-state index contributed by atoms with van der Waals surface area (Å²) in [5.74, 6) is 1.15. The van der Waals surface area contributed by atoms with Crippen LogP contribution in [0.15, 0.2) is 0 Å². The number of piperazine rings is 1. The van der Waals surface area contributed by atoms with Gasteiger partial charge in [0, 0.05) is 26.1 Å². The van der Waals surface area contributed by atoms with Crippen LogP contribution < -0.4 is 5.32 Å². The second-order valence-corrected chi connectivity index (χ2v) is 9.41. The van der Waals surface area contributed by atoms with E-state index in [0.717, 1.165) is 6.42 Å². The molecule has 3 rings (SSSR count). The Morgan fingerprint density at radius 3 is 2.39 bits per heavy atom. The molecule has 0 radical (unpaired) electrons. The van der Waals surface area contributed by atoms with E-state index in [9.17, 15) is 14.4 Å². The van der Waals surface area contributed by atoms with Gasteiger partial charge < -0.3 is 15.1 Å². The molecule has 0 aromatic carbocycles. The minimum atomic E-state index is -0.773. The Kier molecular flexibility index (Phi) is 6.66. The summed E-state index contributed by atoms with van der Waals surface area (Å²) in [5, 5.41) is 3.02. The number of carbonyl (C=O) groups is 3. The summed E-state index contributed by atoms with van der Waals surface area (Å²) in [4.78, 5) is 42.8. The van der Waals surface area contributed by atoms with E-state index in [1.807, 2.05) is 16.7 Å². The SMILES string of the molecule is CCCN1C(=O)C(CC(C)C)NC(=O)C12CCN(C(=O)CC1CCCC1)CC2. The molecular weight excluding hydrogens is 354 g/mol. The molecule has 1 aliphatic carbocycles. The number of carbonyl (C=O) groups excluding carboxylic acids is 3. The van der Waals surface area contributed by atoms with E-state index >= 15 is 0 Å². The highest BCUT2D eigenvalue weighted by Gasteiger charge is 2.53. The highest BCUT2D eigenvalue weighted by molar-refractivity contribution is 6.00. The highest BCUT2D eigenvalue weighted by Crippen LogP contribution is 2.35. The minimum absolute atomic E-state index is 0.0194. The van der Waals surface area contributed by atoms with E-state index in [1.54, 1.807) is 0 Å². The Bertz CT molecular complexity index is 590. The highest BCUT2D eigenvalue weighted by atomic mass is 16.2. The van der Waals surface area contributed by atoms with Crippen molar-refractivity contribution in [1.82, 2.24) is 15.1 Å². The van der Waals surface area contributed by atoms with Crippen LogP contribution in [0.2, 0.25) is 0 Å². The smallest absolute Gasteiger partial charge is 0.246 e. The van der Waals surface area contributed by atoms with Crippen LogP contribution in [-0.2, 0) is 14.4 Å². The first-order chi connectivity index (χ1) is 13.4. The largest absolute Gasteiger partial charge is 0.342 e. The van der Waals surface area contributed by atoms with E-state index in [2.05, 4.69) is 19.2 Å². The van der Waals surface area contributed by atoms with Crippen molar-refractivity contribution in [2.75, 3.05) is 19.6 Å². The molecule has 2 heterocycles. The van der Waals surface area contributed by atoms with E-state index in [0.29, 0.717) is 57.2 Å². The molecule has 2 aliphatic heterocycles. The molecule has 1 saturated carbocycles. The van der Waals surface area contributed by atoms with E-state index in [4.69, 9.17) is 0 Å². The molecule has 3 fully saturated rings. The molecule has 6 nitrogen and oxygen atoms in total. The van der Waals surface area contributed by atoms with Crippen molar-refractivity contribution in [3.8, 4) is 0 Å². The Morgan fingerprint density at radius 1 is 1.18 bits per heavy atom. The number of hydrogen-bond donors (Lipinski definition) is 1. The van der Waals surface area contributed by atoms with Gasteiger partial charge in [-0.05, 0) is 50.4 Å². The quantitative estimate of drug-likeness (QED) is 0.757. The molecule has 1 spiro atoms. The zero-order valence-electron chi connectivity index (χ0n) is 17.8. The Hall–Kier alpha value is -1.59. The third-order valence-corrected chi connectivity index (χ3v) is 6.84. The van der Waals surface area contributed by atoms with Gasteiger partial charge >= 0.3 is 0 Å². The van der Waals surface area contributed by atoms with Gasteiger partial charge in [-0.1, -0.05) is 33.6 Å². The molecule has 3 amide bonds. The fourth-order valence-corrected chi connectivity index (χ4v) is 5.27. The molecule has 3 aliphatic rings. The van der Waals surface area contributed by atoms with Crippen LogP contribution in [0.5, 0.6) is 0 Å². The van der Waals surface area contributed by atoms with Crippen LogP contribution in [0, 0.1) is 11.8 Å². The summed E-state index contributed by atoms with van der Waals surface area (Å²) in [6.45, 7) is 7.94. The molecule has 1 unspecified atom stereocenters. The third kappa shape index (κ3) is 4.20. The van der Waals surface area contributed by atoms with Gasteiger partial charge in [-0.15, -0.1) is 0 Å². The van der Waals surface area contributed by atoms with Crippen LogP contribution in [0.1, 0.15) is 78.6 Å². The first kappa shape index (κ1) is 21.1. The van der Waals surface area contributed by atoms with E-state index in [1.165, 1.54) is 25.7 Å². The number of hydrogen-bond acceptors (Lipinski definition) is 3. The zero-order chi connectivity index (χ0) is 20.3. The summed E-state index contributed by atoms with van der Waals surface area (Å²) in [6.07, 6.45) is 8.08. The fourth-order valence-electron chi connectivity index (χ4n) is 5.27. The Balaban J connectivity index is 1.67. The minimum Gasteiger partial charge on any atom is -0.342 e. The molecule has 28 heavy (non-hydrogen) atoms. The average Bonchev–Trinajstić information content (AvgIpc) is 3.16. The van der Waals surface area contributed by atoms with Gasteiger partial charge in [0.25, 0.3) is 0 Å². The fraction of sp³-hybridized carbons (Fsp3) is 0.864. The van der Waals surface area contributed by atoms with Crippen LogP contribution in [-0.4, -0.2) is 58.7 Å². The molecular formula is C22H37N3O3. The second kappa shape index (κ2) is 8.83. The number of piperidine rings is 1. The van der Waals surface area contributed by atoms with Crippen LogP contribution in [0.3, 0.4) is 0 Å². The summed E-state index contributed by atoms with van der Waals surface area (Å²) in [5.41, 5.74) is -0.773. The predicted molar refractivity (Wildman–Crippen MR) is 109 cm³/mol. The van der Waals surface area contributed by atoms with Gasteiger partial charge in [-0.25, -0.2) is 0 Å². The third-order valence-electron chi connectivity index (χ3n) is 6.84. The number of nitrogens with zero attached hydrogens (tertiary/aromatic N) is 2. The first-order valence-corrected chi connectivity index (χ1v) is 11.3. The molecule has 1 N–H and O–H groups in total. The molecule has 6 heteroatoms. The van der Waals surface area contributed by atoms with Crippen molar-refractivity contribution in [1.29, 1.82) is 0 Å². The number of likely N-dealkylation sites (tertiary alicyclic amines) is 1. The van der Waals surface area contributed by atoms with Crippen molar-refractivity contribution in [3.63, 3.8) is 0 Å². The van der Waals surface area contributed by atoms with Crippen molar-refractivity contribution in [2.24, 2.45) is 11.8 Å². The molecule has 2 saturated heterocycles. The Morgan fingerprint density at radius 2 is 1.82 bits per heavy atom. The maximum absolute atomic E-state index is 13.1. The van der Waals surface area contributed by atoms with Gasteiger partial charge in [0.2, 0.25) is 17.7 Å². The van der Waals surface area contributed by atoms with Gasteiger partial charge in [0.1, 0.15) is 11.6 Å². The summed E-state index contributed by atoms with van der Waals surface area (Å²) < 4.78 is 0. The number of amides is 3. The van der Waals surface area contributed by atoms with Gasteiger partial charge in [0.15, 0.2) is 0 Å². The van der Waals surface area contributed by atoms with Crippen LogP contribution in [0.25, 0.3) is 0 Å². The summed E-state index contributed by atoms with van der Waals surface area (Å²) in [7, 11) is 0. The van der Waals surface area contributed by atoms with Gasteiger partial charge in [-0.2, -0.15) is 0 Å². The summed E-state index contributed by atoms with van der Waals surface area (Å²) >= 11 is 0. The lowest BCUT2D eigenvalue weighted by Gasteiger charge is -2.51. The second-order valence-electron chi connectivity index (χ2n) is 9.41. The Labute approximate surface area is 169 Å². The lowest BCUT2D eigenvalue weighted by molar-refractivity contribution is -0.162.